The predicted octanol–water partition coefficient (Wildman–Crippen LogP) is 3.12. The number of pyridine rings is 1. The maximum Gasteiger partial charge on any atom is 0.427 e. The molecule has 1 atom stereocenters. The molecule has 0 N–H and O–H groups in total. The molecule has 3 heterocycles. The van der Waals surface area contributed by atoms with Gasteiger partial charge in [-0.2, -0.15) is 23.4 Å². The van der Waals surface area contributed by atoms with Crippen LogP contribution in [-0.2, 0) is 4.74 Å². The van der Waals surface area contributed by atoms with Crippen molar-refractivity contribution in [2.45, 2.75) is 31.7 Å². The van der Waals surface area contributed by atoms with Crippen molar-refractivity contribution in [3.8, 4) is 5.88 Å². The van der Waals surface area contributed by atoms with Crippen LogP contribution >= 0.6 is 0 Å². The number of dihydropyridines is 1. The Kier molecular flexibility index (Phi) is 4.85. The zero-order chi connectivity index (χ0) is 19.8. The lowest BCUT2D eigenvalue weighted by Gasteiger charge is -2.28. The number of ether oxygens (including phenoxy) is 2. The Morgan fingerprint density at radius 3 is 2.52 bits per heavy atom. The van der Waals surface area contributed by atoms with Gasteiger partial charge in [0.05, 0.1) is 23.7 Å². The molecule has 0 saturated heterocycles. The molecule has 2 aliphatic rings. The van der Waals surface area contributed by atoms with E-state index in [-0.39, 0.29) is 6.61 Å². The van der Waals surface area contributed by atoms with Gasteiger partial charge in [0.1, 0.15) is 6.04 Å². The molecule has 0 radical (unpaired) electrons. The molecule has 1 aromatic rings. The van der Waals surface area contributed by atoms with E-state index in [9.17, 15) is 17.6 Å². The predicted molar refractivity (Wildman–Crippen MR) is 91.2 cm³/mol. The van der Waals surface area contributed by atoms with Gasteiger partial charge < -0.3 is 9.47 Å². The van der Waals surface area contributed by atoms with Crippen LogP contribution in [0.5, 0.6) is 5.88 Å². The first kappa shape index (κ1) is 19.2. The molecule has 10 heteroatoms. The highest BCUT2D eigenvalue weighted by molar-refractivity contribution is 6.25. The average Bonchev–Trinajstić information content (AvgIpc) is 2.98. The zero-order valence-corrected chi connectivity index (χ0v) is 14.7. The molecule has 0 bridgehead atoms. The number of nitrogens with zero attached hydrogens (tertiary/aromatic N) is 4. The molecule has 1 aromatic heterocycles. The SMILES string of the molecule is COCC1=NN=C2C=CC(c3cnc(OC(C)(C)C(F)(F)F)c(F)c3)=NC21. The fourth-order valence-corrected chi connectivity index (χ4v) is 2.38. The van der Waals surface area contributed by atoms with Gasteiger partial charge in [-0.15, -0.1) is 0 Å². The first-order valence-corrected chi connectivity index (χ1v) is 7.93. The van der Waals surface area contributed by atoms with Gasteiger partial charge in [-0.05, 0) is 32.1 Å². The van der Waals surface area contributed by atoms with Gasteiger partial charge in [-0.1, -0.05) is 0 Å². The van der Waals surface area contributed by atoms with Crippen LogP contribution in [0.3, 0.4) is 0 Å². The first-order valence-electron chi connectivity index (χ1n) is 7.93. The van der Waals surface area contributed by atoms with Crippen molar-refractivity contribution in [3.63, 3.8) is 0 Å². The minimum Gasteiger partial charge on any atom is -0.460 e. The van der Waals surface area contributed by atoms with E-state index < -0.39 is 29.5 Å². The summed E-state index contributed by atoms with van der Waals surface area (Å²) in [6.45, 7) is 1.84. The second kappa shape index (κ2) is 6.84. The van der Waals surface area contributed by atoms with Crippen LogP contribution in [-0.4, -0.2) is 53.7 Å². The van der Waals surface area contributed by atoms with E-state index >= 15 is 0 Å². The number of alkyl halides is 3. The molecular weight excluding hydrogens is 368 g/mol. The van der Waals surface area contributed by atoms with E-state index in [1.807, 2.05) is 0 Å². The lowest BCUT2D eigenvalue weighted by atomic mass is 10.0. The van der Waals surface area contributed by atoms with Gasteiger partial charge in [0.2, 0.25) is 0 Å². The zero-order valence-electron chi connectivity index (χ0n) is 14.7. The van der Waals surface area contributed by atoms with Gasteiger partial charge in [-0.25, -0.2) is 9.37 Å². The third kappa shape index (κ3) is 3.75. The molecule has 0 spiro atoms. The Morgan fingerprint density at radius 2 is 1.89 bits per heavy atom. The molecule has 27 heavy (non-hydrogen) atoms. The highest BCUT2D eigenvalue weighted by atomic mass is 19.4. The summed E-state index contributed by atoms with van der Waals surface area (Å²) in [7, 11) is 1.52. The van der Waals surface area contributed by atoms with E-state index in [2.05, 4.69) is 20.2 Å². The van der Waals surface area contributed by atoms with Crippen molar-refractivity contribution in [3.05, 3.63) is 35.8 Å². The smallest absolute Gasteiger partial charge is 0.427 e. The summed E-state index contributed by atoms with van der Waals surface area (Å²) >= 11 is 0. The number of methoxy groups -OCH3 is 1. The molecule has 6 nitrogen and oxygen atoms in total. The molecule has 1 unspecified atom stereocenters. The summed E-state index contributed by atoms with van der Waals surface area (Å²) < 4.78 is 62.8. The van der Waals surface area contributed by atoms with Crippen LogP contribution in [0.25, 0.3) is 0 Å². The lowest BCUT2D eigenvalue weighted by Crippen LogP contribution is -2.45. The largest absolute Gasteiger partial charge is 0.460 e. The van der Waals surface area contributed by atoms with E-state index in [4.69, 9.17) is 9.47 Å². The van der Waals surface area contributed by atoms with E-state index in [0.29, 0.717) is 22.7 Å². The van der Waals surface area contributed by atoms with Crippen molar-refractivity contribution in [1.29, 1.82) is 0 Å². The number of aliphatic imine (C=N–C) groups is 1. The molecule has 0 aliphatic carbocycles. The van der Waals surface area contributed by atoms with E-state index in [1.54, 1.807) is 12.2 Å². The van der Waals surface area contributed by atoms with Crippen LogP contribution in [0, 0.1) is 5.82 Å². The summed E-state index contributed by atoms with van der Waals surface area (Å²) in [5, 5.41) is 7.99. The summed E-state index contributed by atoms with van der Waals surface area (Å²) in [6.07, 6.45) is -0.172. The van der Waals surface area contributed by atoms with Gasteiger partial charge in [0, 0.05) is 18.9 Å². The molecule has 3 rings (SSSR count). The van der Waals surface area contributed by atoms with Crippen LogP contribution in [0.1, 0.15) is 19.4 Å². The number of hydrogen-bond acceptors (Lipinski definition) is 6. The van der Waals surface area contributed by atoms with Crippen LogP contribution in [0.15, 0.2) is 39.6 Å². The maximum atomic E-state index is 14.3. The minimum atomic E-state index is -4.68. The molecular formula is C17H16F4N4O2. The summed E-state index contributed by atoms with van der Waals surface area (Å²) in [5.41, 5.74) is -0.646. The highest BCUT2D eigenvalue weighted by Crippen LogP contribution is 2.34. The fourth-order valence-electron chi connectivity index (χ4n) is 2.38. The Hall–Kier alpha value is -2.62. The number of rotatable bonds is 5. The summed E-state index contributed by atoms with van der Waals surface area (Å²) in [5.74, 6) is -1.75. The van der Waals surface area contributed by atoms with Crippen molar-refractivity contribution < 1.29 is 27.0 Å². The van der Waals surface area contributed by atoms with Crippen LogP contribution in [0.4, 0.5) is 17.6 Å². The van der Waals surface area contributed by atoms with Gasteiger partial charge in [-0.3, -0.25) is 4.99 Å². The molecule has 0 aromatic carbocycles. The van der Waals surface area contributed by atoms with Crippen molar-refractivity contribution in [1.82, 2.24) is 4.98 Å². The minimum absolute atomic E-state index is 0.244. The lowest BCUT2D eigenvalue weighted by molar-refractivity contribution is -0.235. The quantitative estimate of drug-likeness (QED) is 0.733. The number of halogens is 4. The van der Waals surface area contributed by atoms with Crippen molar-refractivity contribution in [2.75, 3.05) is 13.7 Å². The second-order valence-corrected chi connectivity index (χ2v) is 6.42. The third-order valence-electron chi connectivity index (χ3n) is 4.00. The molecule has 0 amide bonds. The second-order valence-electron chi connectivity index (χ2n) is 6.42. The number of aromatic nitrogens is 1. The topological polar surface area (TPSA) is 68.4 Å². The van der Waals surface area contributed by atoms with E-state index in [0.717, 1.165) is 19.9 Å². The Morgan fingerprint density at radius 1 is 1.15 bits per heavy atom. The Bertz CT molecular complexity index is 872. The van der Waals surface area contributed by atoms with E-state index in [1.165, 1.54) is 13.3 Å². The molecule has 0 fully saturated rings. The van der Waals surface area contributed by atoms with Crippen molar-refractivity contribution in [2.24, 2.45) is 15.2 Å². The monoisotopic (exact) mass is 384 g/mol. The fraction of sp³-hybridized carbons (Fsp3) is 0.412. The standard InChI is InChI=1S/C17H16F4N4O2/c1-16(2,17(19,20)21)27-15-10(18)6-9(7-22-15)11-4-5-12-14(23-11)13(8-26-3)25-24-12/h4-7,14H,8H2,1-3H3. The van der Waals surface area contributed by atoms with Crippen LogP contribution in [0.2, 0.25) is 0 Å². The van der Waals surface area contributed by atoms with Crippen LogP contribution < -0.4 is 4.74 Å². The number of hydrogen-bond donors (Lipinski definition) is 0. The summed E-state index contributed by atoms with van der Waals surface area (Å²) in [6, 6.07) is 0.593. The third-order valence-corrected chi connectivity index (χ3v) is 4.00. The molecule has 2 aliphatic heterocycles. The molecule has 0 saturated carbocycles. The summed E-state index contributed by atoms with van der Waals surface area (Å²) in [4.78, 5) is 8.16. The van der Waals surface area contributed by atoms with Crippen molar-refractivity contribution >= 4 is 17.1 Å². The molecule has 144 valence electrons. The van der Waals surface area contributed by atoms with Gasteiger partial charge in [0.15, 0.2) is 11.4 Å². The maximum absolute atomic E-state index is 14.3. The number of fused-ring (bicyclic) bond motifs is 1. The Labute approximate surface area is 152 Å². The average molecular weight is 384 g/mol. The van der Waals surface area contributed by atoms with Gasteiger partial charge >= 0.3 is 6.18 Å². The normalized spacial score (nSPS) is 19.4. The highest BCUT2D eigenvalue weighted by Gasteiger charge is 2.50. The Balaban J connectivity index is 1.84. The number of allylic oxidation sites excluding steroid dienone is 1. The first-order chi connectivity index (χ1) is 12.6. The van der Waals surface area contributed by atoms with Gasteiger partial charge in [0.25, 0.3) is 5.88 Å².